The van der Waals surface area contributed by atoms with Crippen molar-refractivity contribution in [2.24, 2.45) is 5.92 Å². The minimum absolute atomic E-state index is 0.123. The SMILES string of the molecule is CN(CC1CC(O)C1)c1nc2c(cc1C#N)CCC2. The number of hydrogen-bond acceptors (Lipinski definition) is 4. The van der Waals surface area contributed by atoms with Gasteiger partial charge in [0, 0.05) is 19.3 Å². The summed E-state index contributed by atoms with van der Waals surface area (Å²) in [5, 5.41) is 18.6. The number of aryl methyl sites for hydroxylation is 2. The Morgan fingerprint density at radius 1 is 1.47 bits per heavy atom. The number of rotatable bonds is 3. The van der Waals surface area contributed by atoms with Crippen molar-refractivity contribution in [2.45, 2.75) is 38.2 Å². The predicted octanol–water partition coefficient (Wildman–Crippen LogP) is 1.65. The van der Waals surface area contributed by atoms with Crippen LogP contribution in [0.5, 0.6) is 0 Å². The van der Waals surface area contributed by atoms with Crippen LogP contribution in [0.3, 0.4) is 0 Å². The summed E-state index contributed by atoms with van der Waals surface area (Å²) in [6, 6.07) is 4.28. The zero-order valence-corrected chi connectivity index (χ0v) is 11.3. The van der Waals surface area contributed by atoms with Crippen LogP contribution in [0.1, 0.15) is 36.1 Å². The molecule has 4 heteroatoms. The van der Waals surface area contributed by atoms with Gasteiger partial charge in [0.2, 0.25) is 0 Å². The molecule has 0 unspecified atom stereocenters. The molecule has 1 heterocycles. The summed E-state index contributed by atoms with van der Waals surface area (Å²) in [6.07, 6.45) is 4.85. The van der Waals surface area contributed by atoms with Crippen molar-refractivity contribution in [2.75, 3.05) is 18.5 Å². The molecule has 1 fully saturated rings. The van der Waals surface area contributed by atoms with E-state index in [-0.39, 0.29) is 6.10 Å². The van der Waals surface area contributed by atoms with Crippen LogP contribution >= 0.6 is 0 Å². The first-order chi connectivity index (χ1) is 9.17. The first-order valence-electron chi connectivity index (χ1n) is 6.99. The minimum Gasteiger partial charge on any atom is -0.393 e. The van der Waals surface area contributed by atoms with E-state index >= 15 is 0 Å². The van der Waals surface area contributed by atoms with Crippen molar-refractivity contribution >= 4 is 5.82 Å². The number of aliphatic hydroxyl groups excluding tert-OH is 1. The van der Waals surface area contributed by atoms with Gasteiger partial charge in [0.1, 0.15) is 11.9 Å². The van der Waals surface area contributed by atoms with Crippen molar-refractivity contribution in [1.29, 1.82) is 5.26 Å². The molecular formula is C15H19N3O. The topological polar surface area (TPSA) is 60.1 Å². The zero-order valence-electron chi connectivity index (χ0n) is 11.3. The summed E-state index contributed by atoms with van der Waals surface area (Å²) >= 11 is 0. The van der Waals surface area contributed by atoms with E-state index in [1.54, 1.807) is 0 Å². The third-order valence-corrected chi connectivity index (χ3v) is 4.26. The van der Waals surface area contributed by atoms with Crippen LogP contribution < -0.4 is 4.90 Å². The van der Waals surface area contributed by atoms with Crippen molar-refractivity contribution in [3.63, 3.8) is 0 Å². The van der Waals surface area contributed by atoms with Crippen LogP contribution in [0, 0.1) is 17.2 Å². The minimum atomic E-state index is -0.123. The summed E-state index contributed by atoms with van der Waals surface area (Å²) < 4.78 is 0. The number of fused-ring (bicyclic) bond motifs is 1. The van der Waals surface area contributed by atoms with Gasteiger partial charge >= 0.3 is 0 Å². The maximum atomic E-state index is 9.34. The van der Waals surface area contributed by atoms with Crippen molar-refractivity contribution < 1.29 is 5.11 Å². The highest BCUT2D eigenvalue weighted by Gasteiger charge is 2.29. The average Bonchev–Trinajstić information content (AvgIpc) is 2.82. The first-order valence-corrected chi connectivity index (χ1v) is 6.99. The quantitative estimate of drug-likeness (QED) is 0.894. The van der Waals surface area contributed by atoms with Gasteiger partial charge < -0.3 is 10.0 Å². The number of anilines is 1. The van der Waals surface area contributed by atoms with Crippen molar-refractivity contribution in [3.8, 4) is 6.07 Å². The van der Waals surface area contributed by atoms with Gasteiger partial charge in [0.25, 0.3) is 0 Å². The molecule has 1 aromatic heterocycles. The average molecular weight is 257 g/mol. The Morgan fingerprint density at radius 2 is 2.26 bits per heavy atom. The zero-order chi connectivity index (χ0) is 13.4. The highest BCUT2D eigenvalue weighted by Crippen LogP contribution is 2.31. The molecule has 0 aliphatic heterocycles. The smallest absolute Gasteiger partial charge is 0.146 e. The van der Waals surface area contributed by atoms with Gasteiger partial charge in [-0.3, -0.25) is 0 Å². The van der Waals surface area contributed by atoms with Crippen LogP contribution in [-0.4, -0.2) is 29.8 Å². The summed E-state index contributed by atoms with van der Waals surface area (Å²) in [5.41, 5.74) is 3.09. The van der Waals surface area contributed by atoms with E-state index < -0.39 is 0 Å². The Balaban J connectivity index is 1.81. The number of aromatic nitrogens is 1. The highest BCUT2D eigenvalue weighted by molar-refractivity contribution is 5.56. The molecule has 1 aromatic rings. The largest absolute Gasteiger partial charge is 0.393 e. The number of aliphatic hydroxyl groups is 1. The Morgan fingerprint density at radius 3 is 2.95 bits per heavy atom. The lowest BCUT2D eigenvalue weighted by Crippen LogP contribution is -2.37. The van der Waals surface area contributed by atoms with Gasteiger partial charge in [0.05, 0.1) is 11.7 Å². The Kier molecular flexibility index (Phi) is 3.16. The third kappa shape index (κ3) is 2.31. The van der Waals surface area contributed by atoms with Crippen LogP contribution in [0.4, 0.5) is 5.82 Å². The number of nitrogens with zero attached hydrogens (tertiary/aromatic N) is 3. The maximum absolute atomic E-state index is 9.34. The molecular weight excluding hydrogens is 238 g/mol. The van der Waals surface area contributed by atoms with Gasteiger partial charge in [-0.2, -0.15) is 5.26 Å². The third-order valence-electron chi connectivity index (χ3n) is 4.26. The molecule has 2 aliphatic carbocycles. The normalized spacial score (nSPS) is 24.5. The first kappa shape index (κ1) is 12.4. The Hall–Kier alpha value is -1.60. The molecule has 0 bridgehead atoms. The highest BCUT2D eigenvalue weighted by atomic mass is 16.3. The summed E-state index contributed by atoms with van der Waals surface area (Å²) in [4.78, 5) is 6.77. The Bertz CT molecular complexity index is 529. The molecule has 1 saturated carbocycles. The van der Waals surface area contributed by atoms with Crippen LogP contribution in [0.2, 0.25) is 0 Å². The van der Waals surface area contributed by atoms with Gasteiger partial charge in [-0.15, -0.1) is 0 Å². The number of nitriles is 1. The fraction of sp³-hybridized carbons (Fsp3) is 0.600. The molecule has 4 nitrogen and oxygen atoms in total. The van der Waals surface area contributed by atoms with E-state index in [1.165, 1.54) is 5.56 Å². The fourth-order valence-electron chi connectivity index (χ4n) is 3.16. The summed E-state index contributed by atoms with van der Waals surface area (Å²) in [6.45, 7) is 0.873. The van der Waals surface area contributed by atoms with Crippen LogP contribution in [-0.2, 0) is 12.8 Å². The lowest BCUT2D eigenvalue weighted by Gasteiger charge is -2.35. The molecule has 0 amide bonds. The van der Waals surface area contributed by atoms with E-state index in [1.807, 2.05) is 13.1 Å². The van der Waals surface area contributed by atoms with Crippen LogP contribution in [0.25, 0.3) is 0 Å². The Labute approximate surface area is 113 Å². The van der Waals surface area contributed by atoms with E-state index in [0.29, 0.717) is 11.5 Å². The number of hydrogen-bond donors (Lipinski definition) is 1. The second kappa shape index (κ2) is 4.82. The number of pyridine rings is 1. The summed E-state index contributed by atoms with van der Waals surface area (Å²) in [5.74, 6) is 1.34. The fourth-order valence-corrected chi connectivity index (χ4v) is 3.16. The lowest BCUT2D eigenvalue weighted by atomic mass is 9.82. The van der Waals surface area contributed by atoms with Crippen LogP contribution in [0.15, 0.2) is 6.07 Å². The van der Waals surface area contributed by atoms with Gasteiger partial charge in [-0.05, 0) is 49.7 Å². The van der Waals surface area contributed by atoms with Crippen molar-refractivity contribution in [3.05, 3.63) is 22.9 Å². The van der Waals surface area contributed by atoms with E-state index in [0.717, 1.165) is 50.2 Å². The van der Waals surface area contributed by atoms with Gasteiger partial charge in [-0.25, -0.2) is 4.98 Å². The molecule has 0 radical (unpaired) electrons. The van der Waals surface area contributed by atoms with E-state index in [4.69, 9.17) is 4.98 Å². The molecule has 19 heavy (non-hydrogen) atoms. The van der Waals surface area contributed by atoms with Crippen molar-refractivity contribution in [1.82, 2.24) is 4.98 Å². The van der Waals surface area contributed by atoms with E-state index in [2.05, 4.69) is 11.0 Å². The standard InChI is InChI=1S/C15H19N3O/c1-18(9-10-5-13(19)6-10)15-12(8-16)7-11-3-2-4-14(11)17-15/h7,10,13,19H,2-6,9H2,1H3. The molecule has 100 valence electrons. The maximum Gasteiger partial charge on any atom is 0.146 e. The monoisotopic (exact) mass is 257 g/mol. The van der Waals surface area contributed by atoms with Gasteiger partial charge in [0.15, 0.2) is 0 Å². The van der Waals surface area contributed by atoms with Gasteiger partial charge in [-0.1, -0.05) is 0 Å². The molecule has 0 atom stereocenters. The molecule has 0 aromatic carbocycles. The molecule has 1 N–H and O–H groups in total. The molecule has 2 aliphatic rings. The molecule has 3 rings (SSSR count). The predicted molar refractivity (Wildman–Crippen MR) is 73.0 cm³/mol. The summed E-state index contributed by atoms with van der Waals surface area (Å²) in [7, 11) is 2.00. The second-order valence-electron chi connectivity index (χ2n) is 5.80. The van der Waals surface area contributed by atoms with E-state index in [9.17, 15) is 10.4 Å². The lowest BCUT2D eigenvalue weighted by molar-refractivity contribution is 0.0464. The molecule has 0 spiro atoms. The molecule has 0 saturated heterocycles. The second-order valence-corrected chi connectivity index (χ2v) is 5.80.